The van der Waals surface area contributed by atoms with Gasteiger partial charge in [0.05, 0.1) is 11.1 Å². The first-order chi connectivity index (χ1) is 12.8. The van der Waals surface area contributed by atoms with E-state index in [9.17, 15) is 14.4 Å². The summed E-state index contributed by atoms with van der Waals surface area (Å²) in [6.45, 7) is 16.8. The Labute approximate surface area is 164 Å². The minimum Gasteiger partial charge on any atom is -0.340 e. The topological polar surface area (TPSA) is 57.7 Å². The zero-order valence-electron chi connectivity index (χ0n) is 18.2. The molecule has 0 aliphatic carbocycles. The van der Waals surface area contributed by atoms with Gasteiger partial charge >= 0.3 is 0 Å². The molecule has 3 rings (SSSR count). The van der Waals surface area contributed by atoms with Gasteiger partial charge in [-0.25, -0.2) is 0 Å². The highest BCUT2D eigenvalue weighted by atomic mass is 16.2. The summed E-state index contributed by atoms with van der Waals surface area (Å²) in [5, 5.41) is 0. The second-order valence-electron chi connectivity index (χ2n) is 6.40. The Morgan fingerprint density at radius 2 is 1.22 bits per heavy atom. The van der Waals surface area contributed by atoms with Crippen LogP contribution in [-0.2, 0) is 4.79 Å². The molecular formula is C22H36N2O3. The van der Waals surface area contributed by atoms with Crippen LogP contribution in [-0.4, -0.2) is 46.1 Å². The molecule has 3 amide bonds. The molecule has 0 N–H and O–H groups in total. The van der Waals surface area contributed by atoms with Gasteiger partial charge in [-0.2, -0.15) is 0 Å². The number of likely N-dealkylation sites (tertiary alicyclic amines) is 1. The van der Waals surface area contributed by atoms with E-state index >= 15 is 0 Å². The average Bonchev–Trinajstić information content (AvgIpc) is 3.21. The Hall–Kier alpha value is -2.17. The number of imide groups is 1. The van der Waals surface area contributed by atoms with Crippen LogP contribution in [0.2, 0.25) is 0 Å². The molecule has 2 aliphatic heterocycles. The number of rotatable bonds is 2. The van der Waals surface area contributed by atoms with Gasteiger partial charge in [0.15, 0.2) is 0 Å². The summed E-state index contributed by atoms with van der Waals surface area (Å²) in [7, 11) is 0. The van der Waals surface area contributed by atoms with E-state index in [1.807, 2.05) is 46.4 Å². The predicted molar refractivity (Wildman–Crippen MR) is 111 cm³/mol. The first-order valence-electron chi connectivity index (χ1n) is 10.1. The van der Waals surface area contributed by atoms with Crippen LogP contribution in [0.4, 0.5) is 0 Å². The zero-order chi connectivity index (χ0) is 21.1. The molecule has 0 spiro atoms. The number of fused-ring (bicyclic) bond motifs is 1. The summed E-state index contributed by atoms with van der Waals surface area (Å²) in [5.74, 6) is -0.0359. The second-order valence-corrected chi connectivity index (χ2v) is 6.40. The molecule has 1 fully saturated rings. The minimum absolute atomic E-state index is 0.0811. The SMILES string of the molecule is CC.CC.CC(C)N1C(=O)c2ccccc2C1=O.CC(C)N1CCCC1=O. The van der Waals surface area contributed by atoms with E-state index in [2.05, 4.69) is 13.8 Å². The first kappa shape index (κ1) is 24.8. The summed E-state index contributed by atoms with van der Waals surface area (Å²) in [5.41, 5.74) is 1.04. The van der Waals surface area contributed by atoms with E-state index in [-0.39, 0.29) is 17.9 Å². The monoisotopic (exact) mass is 376 g/mol. The minimum atomic E-state index is -0.180. The number of hydrogen-bond donors (Lipinski definition) is 0. The van der Waals surface area contributed by atoms with Crippen LogP contribution in [0.3, 0.4) is 0 Å². The largest absolute Gasteiger partial charge is 0.340 e. The van der Waals surface area contributed by atoms with E-state index in [1.165, 1.54) is 4.90 Å². The fraction of sp³-hybridized carbons (Fsp3) is 0.591. The van der Waals surface area contributed by atoms with Gasteiger partial charge in [-0.3, -0.25) is 19.3 Å². The van der Waals surface area contributed by atoms with E-state index in [1.54, 1.807) is 24.3 Å². The normalized spacial score (nSPS) is 15.0. The zero-order valence-corrected chi connectivity index (χ0v) is 18.2. The molecule has 1 aromatic rings. The third-order valence-electron chi connectivity index (χ3n) is 4.08. The third kappa shape index (κ3) is 6.19. The molecular weight excluding hydrogens is 340 g/mol. The lowest BCUT2D eigenvalue weighted by molar-refractivity contribution is -0.129. The van der Waals surface area contributed by atoms with E-state index < -0.39 is 0 Å². The van der Waals surface area contributed by atoms with Gasteiger partial charge in [-0.1, -0.05) is 39.8 Å². The molecule has 0 saturated carbocycles. The number of carbonyl (C=O) groups is 3. The molecule has 1 aromatic carbocycles. The molecule has 5 heteroatoms. The third-order valence-corrected chi connectivity index (χ3v) is 4.08. The number of nitrogens with zero attached hydrogens (tertiary/aromatic N) is 2. The van der Waals surface area contributed by atoms with Crippen molar-refractivity contribution in [2.75, 3.05) is 6.54 Å². The lowest BCUT2D eigenvalue weighted by atomic mass is 10.1. The summed E-state index contributed by atoms with van der Waals surface area (Å²) in [6.07, 6.45) is 1.81. The Bertz CT molecular complexity index is 589. The van der Waals surface area contributed by atoms with Crippen molar-refractivity contribution in [1.82, 2.24) is 9.80 Å². The van der Waals surface area contributed by atoms with Crippen LogP contribution in [0, 0.1) is 0 Å². The van der Waals surface area contributed by atoms with Crippen LogP contribution in [0.1, 0.15) is 88.9 Å². The maximum absolute atomic E-state index is 11.8. The fourth-order valence-corrected chi connectivity index (χ4v) is 2.89. The highest BCUT2D eigenvalue weighted by Gasteiger charge is 2.36. The molecule has 27 heavy (non-hydrogen) atoms. The standard InChI is InChI=1S/C11H11NO2.C7H13NO.2C2H6/c1-7(2)12-10(13)8-5-3-4-6-9(8)11(12)14;1-6(2)8-5-3-4-7(8)9;2*1-2/h3-7H,1-2H3;6H,3-5H2,1-2H3;2*1-2H3. The summed E-state index contributed by atoms with van der Waals surface area (Å²) in [4.78, 5) is 37.7. The molecule has 0 aromatic heterocycles. The quantitative estimate of drug-likeness (QED) is 0.699. The van der Waals surface area contributed by atoms with E-state index in [0.717, 1.165) is 19.4 Å². The number of carbonyl (C=O) groups excluding carboxylic acids is 3. The van der Waals surface area contributed by atoms with Crippen molar-refractivity contribution in [2.45, 2.75) is 80.3 Å². The highest BCUT2D eigenvalue weighted by molar-refractivity contribution is 6.21. The Kier molecular flexibility index (Phi) is 11.3. The number of benzene rings is 1. The highest BCUT2D eigenvalue weighted by Crippen LogP contribution is 2.23. The van der Waals surface area contributed by atoms with Crippen LogP contribution < -0.4 is 0 Å². The van der Waals surface area contributed by atoms with Gasteiger partial charge in [0.1, 0.15) is 0 Å². The average molecular weight is 377 g/mol. The molecule has 0 atom stereocenters. The van der Waals surface area contributed by atoms with Crippen LogP contribution in [0.15, 0.2) is 24.3 Å². The van der Waals surface area contributed by atoms with Crippen LogP contribution in [0.25, 0.3) is 0 Å². The predicted octanol–water partition coefficient (Wildman–Crippen LogP) is 4.76. The van der Waals surface area contributed by atoms with Crippen molar-refractivity contribution in [3.05, 3.63) is 35.4 Å². The summed E-state index contributed by atoms with van der Waals surface area (Å²) >= 11 is 0. The van der Waals surface area contributed by atoms with E-state index in [0.29, 0.717) is 23.1 Å². The van der Waals surface area contributed by atoms with Crippen LogP contribution in [0.5, 0.6) is 0 Å². The lowest BCUT2D eigenvalue weighted by Crippen LogP contribution is -2.35. The molecule has 152 valence electrons. The molecule has 2 aliphatic rings. The van der Waals surface area contributed by atoms with Gasteiger partial charge in [0.2, 0.25) is 5.91 Å². The number of hydrogen-bond acceptors (Lipinski definition) is 3. The van der Waals surface area contributed by atoms with Crippen molar-refractivity contribution >= 4 is 17.7 Å². The van der Waals surface area contributed by atoms with Gasteiger partial charge in [-0.15, -0.1) is 0 Å². The molecule has 1 saturated heterocycles. The molecule has 0 bridgehead atoms. The van der Waals surface area contributed by atoms with Gasteiger partial charge in [0.25, 0.3) is 11.8 Å². The summed E-state index contributed by atoms with van der Waals surface area (Å²) < 4.78 is 0. The summed E-state index contributed by atoms with van der Waals surface area (Å²) in [6, 6.07) is 7.25. The van der Waals surface area contributed by atoms with Gasteiger partial charge < -0.3 is 4.90 Å². The second kappa shape index (κ2) is 12.3. The van der Waals surface area contributed by atoms with Gasteiger partial charge in [-0.05, 0) is 46.2 Å². The van der Waals surface area contributed by atoms with Crippen molar-refractivity contribution < 1.29 is 14.4 Å². The van der Waals surface area contributed by atoms with Crippen LogP contribution >= 0.6 is 0 Å². The molecule has 5 nitrogen and oxygen atoms in total. The maximum Gasteiger partial charge on any atom is 0.261 e. The van der Waals surface area contributed by atoms with Crippen molar-refractivity contribution in [1.29, 1.82) is 0 Å². The molecule has 2 heterocycles. The lowest BCUT2D eigenvalue weighted by Gasteiger charge is -2.19. The van der Waals surface area contributed by atoms with Crippen molar-refractivity contribution in [3.63, 3.8) is 0 Å². The van der Waals surface area contributed by atoms with E-state index in [4.69, 9.17) is 0 Å². The fourth-order valence-electron chi connectivity index (χ4n) is 2.89. The smallest absolute Gasteiger partial charge is 0.261 e. The Morgan fingerprint density at radius 1 is 0.778 bits per heavy atom. The Balaban J connectivity index is 0.000000451. The maximum atomic E-state index is 11.8. The molecule has 0 unspecified atom stereocenters. The first-order valence-corrected chi connectivity index (χ1v) is 10.1. The van der Waals surface area contributed by atoms with Gasteiger partial charge in [0, 0.05) is 25.0 Å². The number of amides is 3. The molecule has 0 radical (unpaired) electrons. The Morgan fingerprint density at radius 3 is 1.48 bits per heavy atom. The van der Waals surface area contributed by atoms with Crippen molar-refractivity contribution in [3.8, 4) is 0 Å². The van der Waals surface area contributed by atoms with Crippen molar-refractivity contribution in [2.24, 2.45) is 0 Å².